The van der Waals surface area contributed by atoms with Gasteiger partial charge in [-0.25, -0.2) is 14.4 Å². The highest BCUT2D eigenvalue weighted by Gasteiger charge is 2.27. The maximum atomic E-state index is 13.3. The van der Waals surface area contributed by atoms with Crippen molar-refractivity contribution in [3.63, 3.8) is 0 Å². The molecule has 5 amide bonds. The first kappa shape index (κ1) is 45.2. The van der Waals surface area contributed by atoms with Crippen LogP contribution in [-0.4, -0.2) is 85.3 Å². The maximum Gasteiger partial charge on any atom is 0.514 e. The van der Waals surface area contributed by atoms with Gasteiger partial charge in [-0.3, -0.25) is 19.2 Å². The molecule has 0 unspecified atom stereocenters. The number of nitrogens with one attached hydrogen (secondary N) is 5. The molecule has 0 aliphatic rings. The smallest absolute Gasteiger partial charge is 0.467 e. The molecular weight excluding hydrogens is 714 g/mol. The van der Waals surface area contributed by atoms with Gasteiger partial charge in [0, 0.05) is 6.42 Å². The Morgan fingerprint density at radius 2 is 1.33 bits per heavy atom. The van der Waals surface area contributed by atoms with Gasteiger partial charge in [0.1, 0.15) is 34.7 Å². The van der Waals surface area contributed by atoms with E-state index in [4.69, 9.17) is 18.9 Å². The monoisotopic (exact) mass is 767 g/mol. The van der Waals surface area contributed by atoms with Gasteiger partial charge < -0.3 is 45.5 Å². The second-order valence-corrected chi connectivity index (χ2v) is 14.8. The van der Waals surface area contributed by atoms with Gasteiger partial charge >= 0.3 is 18.2 Å². The van der Waals surface area contributed by atoms with E-state index < -0.39 is 78.2 Å². The van der Waals surface area contributed by atoms with Gasteiger partial charge in [-0.1, -0.05) is 56.3 Å². The van der Waals surface area contributed by atoms with E-state index in [-0.39, 0.29) is 30.2 Å². The van der Waals surface area contributed by atoms with Crippen molar-refractivity contribution in [1.29, 1.82) is 0 Å². The van der Waals surface area contributed by atoms with Crippen LogP contribution in [0.25, 0.3) is 6.08 Å². The number of alkyl carbamates (subject to hydrolysis) is 1. The summed E-state index contributed by atoms with van der Waals surface area (Å²) in [5.74, 6) is -3.40. The Balaban J connectivity index is 2.08. The van der Waals surface area contributed by atoms with Crippen LogP contribution in [0.2, 0.25) is 0 Å². The quantitative estimate of drug-likeness (QED) is 0.0721. The predicted octanol–water partition coefficient (Wildman–Crippen LogP) is 3.53. The minimum atomic E-state index is -1.20. The fourth-order valence-corrected chi connectivity index (χ4v) is 4.62. The summed E-state index contributed by atoms with van der Waals surface area (Å²) in [7, 11) is 1.21. The lowest BCUT2D eigenvalue weighted by Crippen LogP contribution is -2.51. The summed E-state index contributed by atoms with van der Waals surface area (Å²) in [6, 6.07) is 12.7. The third-order valence-electron chi connectivity index (χ3n) is 6.96. The topological polar surface area (TPSA) is 217 Å². The Labute approximate surface area is 321 Å². The molecule has 55 heavy (non-hydrogen) atoms. The molecule has 0 radical (unpaired) electrons. The van der Waals surface area contributed by atoms with Crippen molar-refractivity contribution in [3.8, 4) is 5.75 Å². The average Bonchev–Trinajstić information content (AvgIpc) is 3.07. The van der Waals surface area contributed by atoms with E-state index in [0.717, 1.165) is 0 Å². The number of carbonyl (C=O) groups is 7. The molecule has 0 aliphatic carbocycles. The summed E-state index contributed by atoms with van der Waals surface area (Å²) < 4.78 is 20.5. The number of methoxy groups -OCH3 is 1. The van der Waals surface area contributed by atoms with E-state index in [1.54, 1.807) is 84.0 Å². The van der Waals surface area contributed by atoms with E-state index in [2.05, 4.69) is 26.6 Å². The Hall–Kier alpha value is -5.93. The molecule has 0 saturated heterocycles. The molecule has 2 rings (SSSR count). The summed E-state index contributed by atoms with van der Waals surface area (Å²) >= 11 is 0. The van der Waals surface area contributed by atoms with Crippen molar-refractivity contribution in [1.82, 2.24) is 26.6 Å². The summed E-state index contributed by atoms with van der Waals surface area (Å²) in [5, 5.41) is 12.4. The van der Waals surface area contributed by atoms with Gasteiger partial charge in [-0.2, -0.15) is 0 Å². The highest BCUT2D eigenvalue weighted by molar-refractivity contribution is 6.03. The molecule has 2 atom stereocenters. The van der Waals surface area contributed by atoms with Crippen LogP contribution in [0.3, 0.4) is 0 Å². The third kappa shape index (κ3) is 18.6. The van der Waals surface area contributed by atoms with Crippen molar-refractivity contribution in [2.24, 2.45) is 5.92 Å². The van der Waals surface area contributed by atoms with Crippen LogP contribution in [0.15, 0.2) is 60.3 Å². The van der Waals surface area contributed by atoms with E-state index in [1.165, 1.54) is 25.3 Å². The SMILES string of the molecule is COC(=O)[C@H](CC(C)C)NC(=O)/C(=C/c1ccccc1)NC(=O)CNC(=O)CNC(=O)[C@H](Cc1ccc(OC(=O)OC(C)(C)C)cc1)NC(=O)OC(C)(C)C. The lowest BCUT2D eigenvalue weighted by atomic mass is 10.0. The second kappa shape index (κ2) is 21.1. The Kier molecular flexibility index (Phi) is 17.3. The number of hydrogen-bond acceptors (Lipinski definition) is 11. The zero-order valence-corrected chi connectivity index (χ0v) is 32.8. The fourth-order valence-electron chi connectivity index (χ4n) is 4.62. The molecule has 2 aromatic rings. The van der Waals surface area contributed by atoms with E-state index in [1.807, 2.05) is 13.8 Å². The van der Waals surface area contributed by atoms with Gasteiger partial charge in [0.15, 0.2) is 0 Å². The standard InChI is InChI=1S/C39H53N5O11/c1-24(2)19-30(35(49)52-9)43-34(48)29(20-25-13-11-10-12-14-25)42-32(46)23-40-31(45)22-41-33(47)28(44-36(50)54-38(3,4)5)21-26-15-17-27(18-16-26)53-37(51)55-39(6,7)8/h10-18,20,24,28,30H,19,21-23H2,1-9H3,(H,40,45)(H,41,47)(H,42,46)(H,43,48)(H,44,50)/b29-20-/t28-,30-/m0/s1. The second-order valence-electron chi connectivity index (χ2n) is 14.8. The molecule has 2 aromatic carbocycles. The van der Waals surface area contributed by atoms with Crippen LogP contribution in [0, 0.1) is 5.92 Å². The molecule has 0 aliphatic heterocycles. The first-order valence-corrected chi connectivity index (χ1v) is 17.6. The van der Waals surface area contributed by atoms with Crippen molar-refractivity contribution in [2.45, 2.75) is 91.5 Å². The molecule has 16 nitrogen and oxygen atoms in total. The van der Waals surface area contributed by atoms with Crippen molar-refractivity contribution >= 4 is 47.9 Å². The summed E-state index contributed by atoms with van der Waals surface area (Å²) in [6.45, 7) is 12.7. The van der Waals surface area contributed by atoms with Crippen LogP contribution in [-0.2, 0) is 44.6 Å². The molecule has 5 N–H and O–H groups in total. The molecule has 0 aromatic heterocycles. The van der Waals surface area contributed by atoms with Crippen LogP contribution in [0.5, 0.6) is 5.75 Å². The van der Waals surface area contributed by atoms with Crippen LogP contribution >= 0.6 is 0 Å². The number of rotatable bonds is 16. The molecule has 0 fully saturated rings. The van der Waals surface area contributed by atoms with Gasteiger partial charge in [-0.05, 0) is 83.2 Å². The highest BCUT2D eigenvalue weighted by atomic mass is 16.7. The average molecular weight is 768 g/mol. The summed E-state index contributed by atoms with van der Waals surface area (Å²) in [4.78, 5) is 89.1. The molecule has 300 valence electrons. The molecular formula is C39H53N5O11. The fraction of sp³-hybridized carbons (Fsp3) is 0.462. The molecule has 0 spiro atoms. The van der Waals surface area contributed by atoms with Crippen molar-refractivity contribution in [3.05, 3.63) is 71.4 Å². The van der Waals surface area contributed by atoms with E-state index in [0.29, 0.717) is 11.1 Å². The maximum absolute atomic E-state index is 13.3. The molecule has 0 saturated carbocycles. The third-order valence-corrected chi connectivity index (χ3v) is 6.96. The zero-order valence-electron chi connectivity index (χ0n) is 32.8. The van der Waals surface area contributed by atoms with Gasteiger partial charge in [0.25, 0.3) is 5.91 Å². The van der Waals surface area contributed by atoms with E-state index >= 15 is 0 Å². The number of esters is 1. The van der Waals surface area contributed by atoms with Gasteiger partial charge in [0.05, 0.1) is 20.2 Å². The number of carbonyl (C=O) groups excluding carboxylic acids is 7. The van der Waals surface area contributed by atoms with Gasteiger partial charge in [0.2, 0.25) is 17.7 Å². The highest BCUT2D eigenvalue weighted by Crippen LogP contribution is 2.17. The number of ether oxygens (including phenoxy) is 4. The Morgan fingerprint density at radius 1 is 0.727 bits per heavy atom. The van der Waals surface area contributed by atoms with E-state index in [9.17, 15) is 33.6 Å². The van der Waals surface area contributed by atoms with Crippen molar-refractivity contribution in [2.75, 3.05) is 20.2 Å². The van der Waals surface area contributed by atoms with Crippen LogP contribution < -0.4 is 31.3 Å². The predicted molar refractivity (Wildman–Crippen MR) is 202 cm³/mol. The summed E-state index contributed by atoms with van der Waals surface area (Å²) in [6.07, 6.45) is -0.0883. The largest absolute Gasteiger partial charge is 0.514 e. The van der Waals surface area contributed by atoms with Gasteiger partial charge in [-0.15, -0.1) is 0 Å². The zero-order chi connectivity index (χ0) is 41.3. The van der Waals surface area contributed by atoms with Crippen LogP contribution in [0.4, 0.5) is 9.59 Å². The first-order chi connectivity index (χ1) is 25.6. The number of hydrogen-bond donors (Lipinski definition) is 5. The molecule has 16 heteroatoms. The summed E-state index contributed by atoms with van der Waals surface area (Å²) in [5.41, 5.74) is -0.643. The molecule has 0 heterocycles. The minimum absolute atomic E-state index is 0.0333. The Morgan fingerprint density at radius 3 is 1.89 bits per heavy atom. The first-order valence-electron chi connectivity index (χ1n) is 17.6. The lowest BCUT2D eigenvalue weighted by molar-refractivity contribution is -0.145. The Bertz CT molecular complexity index is 1680. The van der Waals surface area contributed by atoms with Crippen LogP contribution in [0.1, 0.15) is 72.9 Å². The molecule has 0 bridgehead atoms. The number of amides is 5. The minimum Gasteiger partial charge on any atom is -0.467 e. The number of benzene rings is 2. The van der Waals surface area contributed by atoms with Crippen molar-refractivity contribution < 1.29 is 52.5 Å². The normalized spacial score (nSPS) is 12.7. The lowest BCUT2D eigenvalue weighted by Gasteiger charge is -2.23.